The number of halogens is 1. The smallest absolute Gasteiger partial charge is 0.347 e. The van der Waals surface area contributed by atoms with E-state index in [1.165, 1.54) is 44.2 Å². The number of nitrogens with one attached hydrogen (secondary N) is 1. The van der Waals surface area contributed by atoms with Gasteiger partial charge in [0.05, 0.1) is 10.6 Å². The summed E-state index contributed by atoms with van der Waals surface area (Å²) in [6, 6.07) is 9.06. The number of aliphatic carboxylic acids is 1. The minimum atomic E-state index is -1.55. The number of carboxylic acids is 1. The first kappa shape index (κ1) is 28.0. The fourth-order valence-corrected chi connectivity index (χ4v) is 5.09. The zero-order chi connectivity index (χ0) is 27.7. The molecule has 2 aliphatic heterocycles. The van der Waals surface area contributed by atoms with Crippen LogP contribution in [0.25, 0.3) is 0 Å². The van der Waals surface area contributed by atoms with Crippen molar-refractivity contribution in [1.82, 2.24) is 10.2 Å². The molecule has 1 spiro atoms. The minimum absolute atomic E-state index is 0.0605. The molecule has 1 saturated heterocycles. The van der Waals surface area contributed by atoms with Crippen molar-refractivity contribution in [2.75, 3.05) is 33.3 Å². The molecule has 0 bridgehead atoms. The van der Waals surface area contributed by atoms with E-state index < -0.39 is 23.6 Å². The monoisotopic (exact) mass is 546 g/mol. The van der Waals surface area contributed by atoms with Crippen LogP contribution in [-0.4, -0.2) is 77.6 Å². The second-order valence-electron chi connectivity index (χ2n) is 10.6. The molecule has 9 nitrogen and oxygen atoms in total. The normalized spacial score (nSPS) is 17.4. The number of aryl methyl sites for hydroxylation is 1. The first-order valence-electron chi connectivity index (χ1n) is 12.7. The fraction of sp³-hybridized carbons (Fsp3) is 0.500. The highest BCUT2D eigenvalue weighted by Crippen LogP contribution is 2.41. The lowest BCUT2D eigenvalue weighted by molar-refractivity contribution is -0.152. The van der Waals surface area contributed by atoms with Crippen molar-refractivity contribution in [3.8, 4) is 17.2 Å². The number of aliphatic hydroxyl groups is 1. The number of β-amino-alcohol motifs (C(OH)–C–C–N with tert-alkyl or cyclic N) is 1. The SMILES string of the molecule is CNC(=O)c1cc(Cl)c(OC(C)(C)C(=O)O)cc1OCC(O)CN1CCC2(CC1)Cc1cc(C)ccc1O2. The maximum Gasteiger partial charge on any atom is 0.347 e. The van der Waals surface area contributed by atoms with Crippen molar-refractivity contribution in [2.45, 2.75) is 57.3 Å². The molecule has 38 heavy (non-hydrogen) atoms. The van der Waals surface area contributed by atoms with Crippen molar-refractivity contribution < 1.29 is 34.0 Å². The Morgan fingerprint density at radius 3 is 2.58 bits per heavy atom. The van der Waals surface area contributed by atoms with Gasteiger partial charge >= 0.3 is 5.97 Å². The first-order valence-corrected chi connectivity index (χ1v) is 13.1. The Kier molecular flexibility index (Phi) is 8.11. The maximum absolute atomic E-state index is 12.4. The summed E-state index contributed by atoms with van der Waals surface area (Å²) in [5.41, 5.74) is 0.911. The van der Waals surface area contributed by atoms with Crippen LogP contribution in [0.15, 0.2) is 30.3 Å². The average molecular weight is 547 g/mol. The van der Waals surface area contributed by atoms with Gasteiger partial charge in [-0.1, -0.05) is 29.3 Å². The van der Waals surface area contributed by atoms with Crippen molar-refractivity contribution in [3.63, 3.8) is 0 Å². The van der Waals surface area contributed by atoms with E-state index >= 15 is 0 Å². The molecule has 1 atom stereocenters. The molecule has 4 rings (SSSR count). The van der Waals surface area contributed by atoms with Crippen LogP contribution in [0.1, 0.15) is 48.2 Å². The molecule has 1 amide bonds. The van der Waals surface area contributed by atoms with Gasteiger partial charge in [0.25, 0.3) is 5.91 Å². The molecule has 2 aromatic rings. The third kappa shape index (κ3) is 6.17. The number of ether oxygens (including phenoxy) is 3. The summed E-state index contributed by atoms with van der Waals surface area (Å²) in [7, 11) is 1.48. The molecule has 2 heterocycles. The highest BCUT2D eigenvalue weighted by Gasteiger charge is 2.42. The first-order chi connectivity index (χ1) is 17.9. The number of carboxylic acid groups (broad SMARTS) is 1. The van der Waals surface area contributed by atoms with E-state index in [1.54, 1.807) is 0 Å². The number of likely N-dealkylation sites (tertiary alicyclic amines) is 1. The predicted octanol–water partition coefficient (Wildman–Crippen LogP) is 3.46. The third-order valence-electron chi connectivity index (χ3n) is 7.11. The molecule has 206 valence electrons. The second kappa shape index (κ2) is 11.0. The summed E-state index contributed by atoms with van der Waals surface area (Å²) in [6.07, 6.45) is 1.82. The number of fused-ring (bicyclic) bond motifs is 1. The standard InChI is InChI=1S/C28H35ClN2O7/c1-17-5-6-22-18(11-17)14-28(38-22)7-9-31(10-8-28)15-19(32)16-36-23-13-24(37-27(2,3)26(34)35)21(29)12-20(23)25(33)30-4/h5-6,11-13,19,32H,7-10,14-16H2,1-4H3,(H,30,33)(H,34,35). The molecule has 1 fully saturated rings. The van der Waals surface area contributed by atoms with Crippen molar-refractivity contribution in [1.29, 1.82) is 0 Å². The fourth-order valence-electron chi connectivity index (χ4n) is 4.88. The number of carbonyl (C=O) groups is 2. The maximum atomic E-state index is 12.4. The van der Waals surface area contributed by atoms with Crippen LogP contribution in [0.2, 0.25) is 5.02 Å². The summed E-state index contributed by atoms with van der Waals surface area (Å²) < 4.78 is 17.8. The Morgan fingerprint density at radius 1 is 1.21 bits per heavy atom. The quantitative estimate of drug-likeness (QED) is 0.438. The van der Waals surface area contributed by atoms with Gasteiger partial charge in [-0.3, -0.25) is 4.79 Å². The van der Waals surface area contributed by atoms with E-state index in [-0.39, 0.29) is 34.3 Å². The highest BCUT2D eigenvalue weighted by molar-refractivity contribution is 6.32. The number of benzene rings is 2. The van der Waals surface area contributed by atoms with Crippen molar-refractivity contribution in [3.05, 3.63) is 52.0 Å². The lowest BCUT2D eigenvalue weighted by Crippen LogP contribution is -2.49. The van der Waals surface area contributed by atoms with E-state index in [2.05, 4.69) is 35.3 Å². The van der Waals surface area contributed by atoms with Crippen LogP contribution in [0.5, 0.6) is 17.2 Å². The van der Waals surface area contributed by atoms with Gasteiger partial charge in [-0.15, -0.1) is 0 Å². The number of carbonyl (C=O) groups excluding carboxylic acids is 1. The Labute approximate surface area is 227 Å². The zero-order valence-corrected chi connectivity index (χ0v) is 22.9. The number of piperidine rings is 1. The van der Waals surface area contributed by atoms with Crippen LogP contribution < -0.4 is 19.5 Å². The van der Waals surface area contributed by atoms with Gasteiger partial charge in [0.15, 0.2) is 5.60 Å². The number of amides is 1. The topological polar surface area (TPSA) is 118 Å². The van der Waals surface area contributed by atoms with Gasteiger partial charge in [-0.25, -0.2) is 4.79 Å². The van der Waals surface area contributed by atoms with Crippen LogP contribution in [-0.2, 0) is 11.2 Å². The molecule has 0 aliphatic carbocycles. The molecule has 0 radical (unpaired) electrons. The number of hydrogen-bond acceptors (Lipinski definition) is 7. The number of hydrogen-bond donors (Lipinski definition) is 3. The van der Waals surface area contributed by atoms with Gasteiger partial charge in [0.1, 0.15) is 35.6 Å². The average Bonchev–Trinajstić information content (AvgIpc) is 3.21. The largest absolute Gasteiger partial charge is 0.490 e. The van der Waals surface area contributed by atoms with E-state index in [0.717, 1.165) is 38.1 Å². The molecule has 0 saturated carbocycles. The Morgan fingerprint density at radius 2 is 1.92 bits per heavy atom. The summed E-state index contributed by atoms with van der Waals surface area (Å²) >= 11 is 6.27. The third-order valence-corrected chi connectivity index (χ3v) is 7.40. The van der Waals surface area contributed by atoms with E-state index in [4.69, 9.17) is 25.8 Å². The number of rotatable bonds is 9. The summed E-state index contributed by atoms with van der Waals surface area (Å²) in [5, 5.41) is 22.7. The van der Waals surface area contributed by atoms with E-state index in [0.29, 0.717) is 6.54 Å². The van der Waals surface area contributed by atoms with Gasteiger partial charge < -0.3 is 34.6 Å². The lowest BCUT2D eigenvalue weighted by Gasteiger charge is -2.39. The summed E-state index contributed by atoms with van der Waals surface area (Å²) in [5.74, 6) is -0.441. The van der Waals surface area contributed by atoms with Crippen LogP contribution in [0.4, 0.5) is 0 Å². The molecule has 10 heteroatoms. The van der Waals surface area contributed by atoms with E-state index in [1.807, 2.05) is 0 Å². The van der Waals surface area contributed by atoms with Crippen LogP contribution >= 0.6 is 11.6 Å². The van der Waals surface area contributed by atoms with Gasteiger partial charge in [-0.2, -0.15) is 0 Å². The van der Waals surface area contributed by atoms with Crippen LogP contribution in [0, 0.1) is 6.92 Å². The number of aliphatic hydroxyl groups excluding tert-OH is 1. The molecule has 1 unspecified atom stereocenters. The molecule has 2 aromatic carbocycles. The van der Waals surface area contributed by atoms with Gasteiger partial charge in [-0.05, 0) is 38.5 Å². The summed E-state index contributed by atoms with van der Waals surface area (Å²) in [4.78, 5) is 26.1. The lowest BCUT2D eigenvalue weighted by atomic mass is 9.87. The zero-order valence-electron chi connectivity index (χ0n) is 22.2. The molecular weight excluding hydrogens is 512 g/mol. The molecule has 3 N–H and O–H groups in total. The summed E-state index contributed by atoms with van der Waals surface area (Å²) in [6.45, 7) is 6.77. The Balaban J connectivity index is 1.36. The van der Waals surface area contributed by atoms with Crippen molar-refractivity contribution >= 4 is 23.5 Å². The number of nitrogens with zero attached hydrogens (tertiary/aromatic N) is 1. The highest BCUT2D eigenvalue weighted by atomic mass is 35.5. The molecular formula is C28H35ClN2O7. The minimum Gasteiger partial charge on any atom is -0.490 e. The predicted molar refractivity (Wildman–Crippen MR) is 143 cm³/mol. The van der Waals surface area contributed by atoms with Gasteiger partial charge in [0.2, 0.25) is 0 Å². The molecule has 0 aromatic heterocycles. The van der Waals surface area contributed by atoms with E-state index in [9.17, 15) is 19.8 Å². The van der Waals surface area contributed by atoms with Gasteiger partial charge in [0, 0.05) is 52.0 Å². The Hall–Kier alpha value is -3.01. The van der Waals surface area contributed by atoms with Crippen LogP contribution in [0.3, 0.4) is 0 Å². The second-order valence-corrected chi connectivity index (χ2v) is 11.0. The Bertz CT molecular complexity index is 1210. The molecule has 2 aliphatic rings. The van der Waals surface area contributed by atoms with Crippen molar-refractivity contribution in [2.24, 2.45) is 0 Å².